The van der Waals surface area contributed by atoms with Crippen molar-refractivity contribution < 1.29 is 19.5 Å². The van der Waals surface area contributed by atoms with Gasteiger partial charge in [-0.1, -0.05) is 41.4 Å². The van der Waals surface area contributed by atoms with Crippen LogP contribution >= 0.6 is 23.2 Å². The summed E-state index contributed by atoms with van der Waals surface area (Å²) >= 11 is 12.1. The molecule has 2 fully saturated rings. The van der Waals surface area contributed by atoms with Crippen molar-refractivity contribution in [1.29, 1.82) is 0 Å². The molecule has 0 bridgehead atoms. The lowest BCUT2D eigenvalue weighted by atomic mass is 10.0. The fourth-order valence-corrected chi connectivity index (χ4v) is 4.61. The number of nitrogens with zero attached hydrogens (tertiary/aromatic N) is 3. The van der Waals surface area contributed by atoms with E-state index in [1.54, 1.807) is 29.2 Å². The zero-order valence-corrected chi connectivity index (χ0v) is 19.6. The van der Waals surface area contributed by atoms with E-state index in [-0.39, 0.29) is 37.2 Å². The summed E-state index contributed by atoms with van der Waals surface area (Å²) in [4.78, 5) is 43.7. The lowest BCUT2D eigenvalue weighted by Gasteiger charge is -2.36. The smallest absolute Gasteiger partial charge is 0.254 e. The lowest BCUT2D eigenvalue weighted by molar-refractivity contribution is -0.137. The maximum atomic E-state index is 13.2. The monoisotopic (exact) mass is 489 g/mol. The minimum atomic E-state index is -0.774. The highest BCUT2D eigenvalue weighted by Gasteiger charge is 2.41. The van der Waals surface area contributed by atoms with E-state index < -0.39 is 6.04 Å². The number of rotatable bonds is 5. The fourth-order valence-electron chi connectivity index (χ4n) is 4.32. The fraction of sp³-hybridized carbons (Fsp3) is 0.375. The predicted octanol–water partition coefficient (Wildman–Crippen LogP) is 2.58. The Labute approximate surface area is 202 Å². The Balaban J connectivity index is 1.46. The highest BCUT2D eigenvalue weighted by atomic mass is 35.5. The number of hydrogen-bond acceptors (Lipinski definition) is 5. The maximum Gasteiger partial charge on any atom is 0.254 e. The number of carbonyl (C=O) groups excluding carboxylic acids is 3. The van der Waals surface area contributed by atoms with Crippen LogP contribution in [0.1, 0.15) is 16.8 Å². The topological polar surface area (TPSA) is 81.2 Å². The summed E-state index contributed by atoms with van der Waals surface area (Å²) in [5, 5.41) is 10.0. The Kier molecular flexibility index (Phi) is 7.34. The molecule has 2 aromatic carbocycles. The molecule has 2 aliphatic heterocycles. The van der Waals surface area contributed by atoms with Gasteiger partial charge in [0.25, 0.3) is 5.91 Å². The van der Waals surface area contributed by atoms with E-state index in [4.69, 9.17) is 28.3 Å². The third-order valence-electron chi connectivity index (χ3n) is 6.17. The first-order chi connectivity index (χ1) is 15.9. The number of likely N-dealkylation sites (tertiary alicyclic amines) is 1. The standard InChI is InChI=1S/C24H25Cl2N3O4/c25-20-6-5-18(13-21(20)26)16-1-3-17(4-2-16)23(32)29-15-19(31)14-22(29)24(33)28-9-7-27(8-10-28)11-12-30/h1-6,13,22,30H,7-12,14-15H2/t22-/m0/s1. The molecule has 2 heterocycles. The van der Waals surface area contributed by atoms with E-state index in [9.17, 15) is 14.4 Å². The predicted molar refractivity (Wildman–Crippen MR) is 126 cm³/mol. The first kappa shape index (κ1) is 23.7. The Morgan fingerprint density at radius 2 is 1.61 bits per heavy atom. The van der Waals surface area contributed by atoms with Gasteiger partial charge in [-0.2, -0.15) is 0 Å². The summed E-state index contributed by atoms with van der Waals surface area (Å²) in [6, 6.07) is 11.5. The number of β-amino-alcohol motifs (C(OH)–C–C–N with tert-alkyl or cyclic N) is 1. The van der Waals surface area contributed by atoms with E-state index in [2.05, 4.69) is 4.90 Å². The third kappa shape index (κ3) is 5.22. The maximum absolute atomic E-state index is 13.2. The molecule has 0 unspecified atom stereocenters. The molecule has 0 saturated carbocycles. The number of ketones is 1. The Bertz CT molecular complexity index is 1050. The lowest BCUT2D eigenvalue weighted by Crippen LogP contribution is -2.54. The van der Waals surface area contributed by atoms with Gasteiger partial charge in [0.05, 0.1) is 23.2 Å². The molecule has 2 saturated heterocycles. The molecule has 174 valence electrons. The van der Waals surface area contributed by atoms with Gasteiger partial charge in [0.15, 0.2) is 5.78 Å². The second-order valence-electron chi connectivity index (χ2n) is 8.29. The van der Waals surface area contributed by atoms with Crippen LogP contribution in [-0.4, -0.2) is 89.3 Å². The van der Waals surface area contributed by atoms with Gasteiger partial charge in [-0.3, -0.25) is 19.3 Å². The summed E-state index contributed by atoms with van der Waals surface area (Å²) in [6.07, 6.45) is 0.0444. The van der Waals surface area contributed by atoms with Gasteiger partial charge in [0.1, 0.15) is 6.04 Å². The van der Waals surface area contributed by atoms with Crippen LogP contribution in [0.5, 0.6) is 0 Å². The number of halogens is 2. The largest absolute Gasteiger partial charge is 0.395 e. The van der Waals surface area contributed by atoms with Crippen molar-refractivity contribution in [2.45, 2.75) is 12.5 Å². The van der Waals surface area contributed by atoms with Crippen molar-refractivity contribution in [3.05, 3.63) is 58.1 Å². The van der Waals surface area contributed by atoms with Crippen molar-refractivity contribution in [2.75, 3.05) is 45.9 Å². The quantitative estimate of drug-likeness (QED) is 0.697. The van der Waals surface area contributed by atoms with Gasteiger partial charge < -0.3 is 14.9 Å². The summed E-state index contributed by atoms with van der Waals surface area (Å²) in [5.41, 5.74) is 2.16. The average molecular weight is 490 g/mol. The van der Waals surface area contributed by atoms with Crippen LogP contribution in [0.25, 0.3) is 11.1 Å². The van der Waals surface area contributed by atoms with Crippen LogP contribution in [0.15, 0.2) is 42.5 Å². The molecule has 4 rings (SSSR count). The van der Waals surface area contributed by atoms with Crippen LogP contribution in [0.3, 0.4) is 0 Å². The molecule has 0 radical (unpaired) electrons. The highest BCUT2D eigenvalue weighted by Crippen LogP contribution is 2.29. The van der Waals surface area contributed by atoms with Crippen molar-refractivity contribution in [3.63, 3.8) is 0 Å². The minimum absolute atomic E-state index is 0.0444. The molecule has 0 aliphatic carbocycles. The molecule has 2 aliphatic rings. The molecule has 7 nitrogen and oxygen atoms in total. The molecule has 2 aromatic rings. The molecule has 33 heavy (non-hydrogen) atoms. The van der Waals surface area contributed by atoms with Crippen LogP contribution in [0, 0.1) is 0 Å². The summed E-state index contributed by atoms with van der Waals surface area (Å²) < 4.78 is 0. The van der Waals surface area contributed by atoms with Crippen molar-refractivity contribution >= 4 is 40.8 Å². The first-order valence-electron chi connectivity index (χ1n) is 10.9. The molecule has 0 spiro atoms. The number of hydrogen-bond donors (Lipinski definition) is 1. The van der Waals surface area contributed by atoms with Gasteiger partial charge in [-0.15, -0.1) is 0 Å². The van der Waals surface area contributed by atoms with Crippen LogP contribution in [-0.2, 0) is 9.59 Å². The van der Waals surface area contributed by atoms with E-state index in [0.717, 1.165) is 11.1 Å². The average Bonchev–Trinajstić information content (AvgIpc) is 3.22. The molecule has 0 aromatic heterocycles. The molecular weight excluding hydrogens is 465 g/mol. The Morgan fingerprint density at radius 1 is 0.939 bits per heavy atom. The second kappa shape index (κ2) is 10.2. The van der Waals surface area contributed by atoms with Gasteiger partial charge >= 0.3 is 0 Å². The Morgan fingerprint density at radius 3 is 2.24 bits per heavy atom. The van der Waals surface area contributed by atoms with Crippen molar-refractivity contribution in [2.24, 2.45) is 0 Å². The number of aliphatic hydroxyl groups is 1. The molecular formula is C24H25Cl2N3O4. The van der Waals surface area contributed by atoms with E-state index >= 15 is 0 Å². The second-order valence-corrected chi connectivity index (χ2v) is 9.10. The number of piperazine rings is 1. The normalized spacial score (nSPS) is 19.2. The zero-order chi connectivity index (χ0) is 23.5. The zero-order valence-electron chi connectivity index (χ0n) is 18.0. The van der Waals surface area contributed by atoms with Crippen molar-refractivity contribution in [3.8, 4) is 11.1 Å². The van der Waals surface area contributed by atoms with Gasteiger partial charge in [-0.25, -0.2) is 0 Å². The SMILES string of the molecule is O=C1C[C@@H](C(=O)N2CCN(CCO)CC2)N(C(=O)c2ccc(-c3ccc(Cl)c(Cl)c3)cc2)C1. The summed E-state index contributed by atoms with van der Waals surface area (Å²) in [7, 11) is 0. The van der Waals surface area contributed by atoms with Gasteiger partial charge in [-0.05, 0) is 35.4 Å². The first-order valence-corrected chi connectivity index (χ1v) is 11.6. The highest BCUT2D eigenvalue weighted by molar-refractivity contribution is 6.42. The summed E-state index contributed by atoms with van der Waals surface area (Å²) in [6.45, 7) is 2.96. The number of carbonyl (C=O) groups is 3. The summed E-state index contributed by atoms with van der Waals surface area (Å²) in [5.74, 6) is -0.642. The number of amides is 2. The van der Waals surface area contributed by atoms with Crippen LogP contribution in [0.4, 0.5) is 0 Å². The molecule has 2 amide bonds. The Hall–Kier alpha value is -2.45. The van der Waals surface area contributed by atoms with Crippen molar-refractivity contribution in [1.82, 2.24) is 14.7 Å². The minimum Gasteiger partial charge on any atom is -0.395 e. The van der Waals surface area contributed by atoms with E-state index in [1.807, 2.05) is 18.2 Å². The number of aliphatic hydroxyl groups excluding tert-OH is 1. The number of benzene rings is 2. The van der Waals surface area contributed by atoms with Crippen LogP contribution < -0.4 is 0 Å². The van der Waals surface area contributed by atoms with E-state index in [1.165, 1.54) is 4.90 Å². The van der Waals surface area contributed by atoms with E-state index in [0.29, 0.717) is 48.3 Å². The van der Waals surface area contributed by atoms with Gasteiger partial charge in [0, 0.05) is 44.7 Å². The molecule has 9 heteroatoms. The third-order valence-corrected chi connectivity index (χ3v) is 6.91. The molecule has 1 N–H and O–H groups in total. The van der Waals surface area contributed by atoms with Crippen LogP contribution in [0.2, 0.25) is 10.0 Å². The van der Waals surface area contributed by atoms with Gasteiger partial charge in [0.2, 0.25) is 5.91 Å². The molecule has 1 atom stereocenters. The number of Topliss-reactive ketones (excluding diaryl/α,β-unsaturated/α-hetero) is 1.